The summed E-state index contributed by atoms with van der Waals surface area (Å²) in [6.45, 7) is 6.68. The highest BCUT2D eigenvalue weighted by atomic mass is 35.5. The predicted molar refractivity (Wildman–Crippen MR) is 148 cm³/mol. The first-order valence-corrected chi connectivity index (χ1v) is 11.8. The molecule has 0 atom stereocenters. The fraction of sp³-hybridized carbons (Fsp3) is 0.107. The van der Waals surface area contributed by atoms with Gasteiger partial charge in [0.15, 0.2) is 5.65 Å². The number of carbonyl (C=O) groups is 1. The lowest BCUT2D eigenvalue weighted by Gasteiger charge is -2.12. The Kier molecular flexibility index (Phi) is 8.03. The van der Waals surface area contributed by atoms with Crippen LogP contribution in [-0.2, 0) is 17.9 Å². The van der Waals surface area contributed by atoms with Crippen LogP contribution in [0.5, 0.6) is 0 Å². The summed E-state index contributed by atoms with van der Waals surface area (Å²) in [6.07, 6.45) is 8.79. The molecule has 0 saturated heterocycles. The van der Waals surface area contributed by atoms with E-state index in [1.807, 2.05) is 73.7 Å². The number of hydrogen-bond acceptors (Lipinski definition) is 4. The van der Waals surface area contributed by atoms with E-state index in [1.54, 1.807) is 22.9 Å². The molecule has 0 aliphatic carbocycles. The van der Waals surface area contributed by atoms with E-state index in [1.165, 1.54) is 0 Å². The summed E-state index contributed by atoms with van der Waals surface area (Å²) in [6, 6.07) is 17.4. The number of nitrogens with zero attached hydrogens (tertiary/aromatic N) is 3. The highest BCUT2D eigenvalue weighted by Gasteiger charge is 2.12. The van der Waals surface area contributed by atoms with Crippen molar-refractivity contribution in [1.82, 2.24) is 19.9 Å². The second-order valence-electron chi connectivity index (χ2n) is 8.10. The van der Waals surface area contributed by atoms with Crippen LogP contribution in [0.3, 0.4) is 0 Å². The van der Waals surface area contributed by atoms with Crippen LogP contribution < -0.4 is 16.1 Å². The van der Waals surface area contributed by atoms with Crippen LogP contribution in [0.25, 0.3) is 16.9 Å². The van der Waals surface area contributed by atoms with Crippen molar-refractivity contribution in [1.29, 1.82) is 0 Å². The van der Waals surface area contributed by atoms with Crippen molar-refractivity contribution < 1.29 is 4.79 Å². The fourth-order valence-corrected chi connectivity index (χ4v) is 3.77. The normalized spacial score (nSPS) is 11.4. The molecule has 2 aromatic heterocycles. The zero-order valence-electron chi connectivity index (χ0n) is 19.9. The molecular formula is C28H25BClN5O. The van der Waals surface area contributed by atoms with E-state index in [0.29, 0.717) is 40.5 Å². The van der Waals surface area contributed by atoms with Gasteiger partial charge in [0.05, 0.1) is 5.69 Å². The zero-order chi connectivity index (χ0) is 25.5. The van der Waals surface area contributed by atoms with Crippen LogP contribution in [0.2, 0.25) is 5.02 Å². The number of benzene rings is 2. The molecule has 2 aromatic carbocycles. The van der Waals surface area contributed by atoms with Crippen molar-refractivity contribution in [3.8, 4) is 11.3 Å². The second-order valence-corrected chi connectivity index (χ2v) is 8.51. The molecule has 178 valence electrons. The molecule has 8 heteroatoms. The zero-order valence-corrected chi connectivity index (χ0v) is 20.7. The Hall–Kier alpha value is -4.10. The quantitative estimate of drug-likeness (QED) is 0.200. The molecule has 0 aliphatic rings. The number of amides is 1. The molecular weight excluding hydrogens is 469 g/mol. The molecule has 0 saturated carbocycles. The minimum absolute atomic E-state index is 0.198. The molecule has 0 fully saturated rings. The molecule has 2 N–H and O–H groups in total. The fourth-order valence-electron chi connectivity index (χ4n) is 3.53. The number of rotatable bonds is 9. The molecule has 6 nitrogen and oxygen atoms in total. The Bertz CT molecular complexity index is 1460. The largest absolute Gasteiger partial charge is 0.366 e. The molecule has 36 heavy (non-hydrogen) atoms. The number of anilines is 1. The maximum Gasteiger partial charge on any atom is 0.250 e. The molecule has 0 bridgehead atoms. The third-order valence-corrected chi connectivity index (χ3v) is 5.82. The average molecular weight is 494 g/mol. The molecule has 0 spiro atoms. The highest BCUT2D eigenvalue weighted by molar-refractivity contribution is 6.36. The number of hydrogen-bond donors (Lipinski definition) is 2. The Morgan fingerprint density at radius 3 is 2.56 bits per heavy atom. The minimum Gasteiger partial charge on any atom is -0.366 e. The lowest BCUT2D eigenvalue weighted by Crippen LogP contribution is -2.23. The van der Waals surface area contributed by atoms with Gasteiger partial charge in [-0.3, -0.25) is 4.79 Å². The van der Waals surface area contributed by atoms with Gasteiger partial charge in [0.2, 0.25) is 0 Å². The molecule has 4 rings (SSSR count). The maximum atomic E-state index is 12.2. The standard InChI is InChI=1S/C28H25BClN5O/c1-3-4-5-8-19(2)28(36)32-17-21-13-11-20(12-14-21)16-31-26-15-25(22-9-6-7-10-24(22)30)34-27-23(29)18-33-35(26)27/h3-15,18,31H,2,16-17H2,1H3,(H,32,36)/b4-3-,8-5-. The Morgan fingerprint density at radius 1 is 1.11 bits per heavy atom. The smallest absolute Gasteiger partial charge is 0.250 e. The number of aromatic nitrogens is 3. The van der Waals surface area contributed by atoms with E-state index in [2.05, 4.69) is 27.3 Å². The van der Waals surface area contributed by atoms with Gasteiger partial charge in [0.1, 0.15) is 13.7 Å². The van der Waals surface area contributed by atoms with Gasteiger partial charge in [0, 0.05) is 41.5 Å². The van der Waals surface area contributed by atoms with Gasteiger partial charge in [-0.1, -0.05) is 84.9 Å². The van der Waals surface area contributed by atoms with E-state index in [9.17, 15) is 4.79 Å². The summed E-state index contributed by atoms with van der Waals surface area (Å²) in [7, 11) is 6.10. The SMILES string of the molecule is [B]c1cnn2c(NCc3ccc(CNC(=O)C(=C)/C=C\C=C/C)cc3)cc(-c3ccccc3Cl)nc12. The van der Waals surface area contributed by atoms with E-state index in [0.717, 1.165) is 22.5 Å². The maximum absolute atomic E-state index is 12.2. The molecule has 0 unspecified atom stereocenters. The van der Waals surface area contributed by atoms with Crippen LogP contribution in [0.1, 0.15) is 18.1 Å². The van der Waals surface area contributed by atoms with Gasteiger partial charge in [-0.15, -0.1) is 0 Å². The number of carbonyl (C=O) groups excluding carboxylic acids is 1. The van der Waals surface area contributed by atoms with E-state index >= 15 is 0 Å². The summed E-state index contributed by atoms with van der Waals surface area (Å²) in [5.41, 5.74) is 5.03. The summed E-state index contributed by atoms with van der Waals surface area (Å²) in [5.74, 6) is 0.545. The average Bonchev–Trinajstić information content (AvgIpc) is 3.27. The molecule has 0 aliphatic heterocycles. The van der Waals surface area contributed by atoms with E-state index in [4.69, 9.17) is 19.4 Å². The number of allylic oxidation sites excluding steroid dienone is 3. The third kappa shape index (κ3) is 5.93. The Morgan fingerprint density at radius 2 is 1.83 bits per heavy atom. The van der Waals surface area contributed by atoms with Gasteiger partial charge in [0.25, 0.3) is 5.91 Å². The van der Waals surface area contributed by atoms with Crippen molar-refractivity contribution >= 4 is 42.3 Å². The van der Waals surface area contributed by atoms with Crippen molar-refractivity contribution in [2.75, 3.05) is 5.32 Å². The first kappa shape index (κ1) is 25.0. The van der Waals surface area contributed by atoms with Crippen molar-refractivity contribution in [3.05, 3.63) is 113 Å². The van der Waals surface area contributed by atoms with Crippen LogP contribution >= 0.6 is 11.6 Å². The van der Waals surface area contributed by atoms with Gasteiger partial charge in [-0.25, -0.2) is 4.98 Å². The van der Waals surface area contributed by atoms with Crippen molar-refractivity contribution in [3.63, 3.8) is 0 Å². The number of halogens is 1. The number of nitrogens with one attached hydrogen (secondary N) is 2. The molecule has 1 amide bonds. The van der Waals surface area contributed by atoms with Gasteiger partial charge >= 0.3 is 0 Å². The molecule has 4 aromatic rings. The predicted octanol–water partition coefficient (Wildman–Crippen LogP) is 4.76. The van der Waals surface area contributed by atoms with Crippen LogP contribution in [0.4, 0.5) is 5.82 Å². The first-order valence-electron chi connectivity index (χ1n) is 11.4. The van der Waals surface area contributed by atoms with Crippen LogP contribution in [0.15, 0.2) is 97.3 Å². The van der Waals surface area contributed by atoms with Gasteiger partial charge in [-0.05, 0) is 29.6 Å². The Labute approximate surface area is 216 Å². The lowest BCUT2D eigenvalue weighted by molar-refractivity contribution is -0.117. The monoisotopic (exact) mass is 493 g/mol. The van der Waals surface area contributed by atoms with Crippen LogP contribution in [-0.4, -0.2) is 28.4 Å². The summed E-state index contributed by atoms with van der Waals surface area (Å²) in [5, 5.41) is 11.3. The highest BCUT2D eigenvalue weighted by Crippen LogP contribution is 2.28. The number of fused-ring (bicyclic) bond motifs is 1. The molecule has 2 radical (unpaired) electrons. The first-order chi connectivity index (χ1) is 17.5. The minimum atomic E-state index is -0.198. The van der Waals surface area contributed by atoms with E-state index in [-0.39, 0.29) is 5.91 Å². The van der Waals surface area contributed by atoms with Gasteiger partial charge in [-0.2, -0.15) is 9.61 Å². The third-order valence-electron chi connectivity index (χ3n) is 5.49. The summed E-state index contributed by atoms with van der Waals surface area (Å²) in [4.78, 5) is 16.8. The van der Waals surface area contributed by atoms with Crippen molar-refractivity contribution in [2.45, 2.75) is 20.0 Å². The topological polar surface area (TPSA) is 71.3 Å². The lowest BCUT2D eigenvalue weighted by atomic mass is 10.0. The van der Waals surface area contributed by atoms with Crippen LogP contribution in [0, 0.1) is 0 Å². The Balaban J connectivity index is 1.44. The van der Waals surface area contributed by atoms with Gasteiger partial charge < -0.3 is 10.6 Å². The van der Waals surface area contributed by atoms with E-state index < -0.39 is 0 Å². The summed E-state index contributed by atoms with van der Waals surface area (Å²) < 4.78 is 1.68. The molecule has 2 heterocycles. The summed E-state index contributed by atoms with van der Waals surface area (Å²) >= 11 is 6.40. The van der Waals surface area contributed by atoms with Crippen molar-refractivity contribution in [2.24, 2.45) is 0 Å². The second kappa shape index (κ2) is 11.6.